The lowest BCUT2D eigenvalue weighted by Gasteiger charge is -2.24. The minimum atomic E-state index is -0.440. The fourth-order valence-corrected chi connectivity index (χ4v) is 3.09. The van der Waals surface area contributed by atoms with Gasteiger partial charge < -0.3 is 10.2 Å². The van der Waals surface area contributed by atoms with E-state index in [9.17, 15) is 10.2 Å². The van der Waals surface area contributed by atoms with Crippen LogP contribution in [0.5, 0.6) is 11.5 Å². The summed E-state index contributed by atoms with van der Waals surface area (Å²) in [6.45, 7) is 8.17. The molecule has 3 rings (SSSR count). The fraction of sp³-hybridized carbons (Fsp3) is 0.231. The summed E-state index contributed by atoms with van der Waals surface area (Å²) in [5.74, 6) is 0.438. The van der Waals surface area contributed by atoms with Crippen molar-refractivity contribution in [3.63, 3.8) is 0 Å². The average Bonchev–Trinajstić information content (AvgIpc) is 2.73. The Morgan fingerprint density at radius 2 is 0.900 bits per heavy atom. The van der Waals surface area contributed by atoms with E-state index in [0.717, 1.165) is 11.1 Å². The maximum atomic E-state index is 9.93. The summed E-state index contributed by atoms with van der Waals surface area (Å²) in [6, 6.07) is 22.6. The predicted molar refractivity (Wildman–Crippen MR) is 124 cm³/mol. The van der Waals surface area contributed by atoms with Crippen LogP contribution >= 0.6 is 0 Å². The van der Waals surface area contributed by atoms with Gasteiger partial charge in [0.1, 0.15) is 11.5 Å². The highest BCUT2D eigenvalue weighted by molar-refractivity contribution is 5.84. The van der Waals surface area contributed by atoms with Crippen molar-refractivity contribution in [1.82, 2.24) is 0 Å². The van der Waals surface area contributed by atoms with Crippen molar-refractivity contribution in [1.29, 1.82) is 0 Å². The second kappa shape index (κ2) is 8.54. The Balaban J connectivity index is 1.79. The zero-order chi connectivity index (χ0) is 21.8. The Labute approximate surface area is 178 Å². The summed E-state index contributed by atoms with van der Waals surface area (Å²) in [6.07, 6.45) is 3.42. The molecular weight excluding hydrogens is 372 g/mol. The monoisotopic (exact) mass is 400 g/mol. The van der Waals surface area contributed by atoms with E-state index in [-0.39, 0.29) is 11.5 Å². The van der Waals surface area contributed by atoms with Gasteiger partial charge in [-0.25, -0.2) is 0 Å². The van der Waals surface area contributed by atoms with E-state index < -0.39 is 11.1 Å². The van der Waals surface area contributed by atoms with Crippen LogP contribution in [0.4, 0.5) is 0 Å². The largest absolute Gasteiger partial charge is 0.507 e. The van der Waals surface area contributed by atoms with Crippen molar-refractivity contribution < 1.29 is 10.2 Å². The molecule has 0 aromatic heterocycles. The Morgan fingerprint density at radius 3 is 1.23 bits per heavy atom. The van der Waals surface area contributed by atoms with Crippen molar-refractivity contribution in [2.75, 3.05) is 0 Å². The third-order valence-electron chi connectivity index (χ3n) is 5.22. The van der Waals surface area contributed by atoms with Gasteiger partial charge in [-0.05, 0) is 63.1 Å². The molecule has 0 radical (unpaired) electrons. The van der Waals surface area contributed by atoms with Crippen LogP contribution in [0.1, 0.15) is 49.9 Å². The zero-order valence-corrected chi connectivity index (χ0v) is 17.9. The van der Waals surface area contributed by atoms with Crippen LogP contribution in [0, 0.1) is 0 Å². The molecule has 0 bridgehead atoms. The standard InChI is InChI=1S/C26H28N2O2/c1-25(2,27-17-19-9-5-7-11-23(19)29)21-13-15-22(16-14-21)26(3,4)28-18-20-10-6-8-12-24(20)30/h5-18,29-30H,1-4H3. The third kappa shape index (κ3) is 4.95. The van der Waals surface area contributed by atoms with Gasteiger partial charge in [-0.2, -0.15) is 0 Å². The Kier molecular flexibility index (Phi) is 6.06. The van der Waals surface area contributed by atoms with E-state index in [1.807, 2.05) is 52.0 Å². The van der Waals surface area contributed by atoms with Crippen LogP contribution in [0.3, 0.4) is 0 Å². The molecule has 4 heteroatoms. The molecule has 0 saturated heterocycles. The van der Waals surface area contributed by atoms with Gasteiger partial charge in [-0.1, -0.05) is 48.5 Å². The van der Waals surface area contributed by atoms with Crippen molar-refractivity contribution in [2.45, 2.75) is 38.8 Å². The van der Waals surface area contributed by atoms with Gasteiger partial charge in [0, 0.05) is 23.6 Å². The third-order valence-corrected chi connectivity index (χ3v) is 5.22. The quantitative estimate of drug-likeness (QED) is 0.513. The first-order valence-electron chi connectivity index (χ1n) is 9.96. The van der Waals surface area contributed by atoms with Crippen LogP contribution in [-0.2, 0) is 11.1 Å². The van der Waals surface area contributed by atoms with Crippen molar-refractivity contribution >= 4 is 12.4 Å². The number of phenolic OH excluding ortho intramolecular Hbond substituents is 2. The van der Waals surface area contributed by atoms with Crippen molar-refractivity contribution in [3.05, 3.63) is 95.1 Å². The molecule has 0 aliphatic heterocycles. The van der Waals surface area contributed by atoms with Gasteiger partial charge in [0.05, 0.1) is 11.1 Å². The Hall–Kier alpha value is -3.40. The number of hydrogen-bond acceptors (Lipinski definition) is 4. The molecule has 2 N–H and O–H groups in total. The second-order valence-electron chi connectivity index (χ2n) is 8.33. The van der Waals surface area contributed by atoms with Crippen molar-refractivity contribution in [2.24, 2.45) is 9.98 Å². The predicted octanol–water partition coefficient (Wildman–Crippen LogP) is 5.81. The van der Waals surface area contributed by atoms with Crippen LogP contribution in [0.15, 0.2) is 82.8 Å². The van der Waals surface area contributed by atoms with E-state index in [4.69, 9.17) is 9.98 Å². The van der Waals surface area contributed by atoms with E-state index >= 15 is 0 Å². The summed E-state index contributed by atoms with van der Waals surface area (Å²) in [4.78, 5) is 9.39. The lowest BCUT2D eigenvalue weighted by atomic mass is 9.89. The molecule has 0 fully saturated rings. The topological polar surface area (TPSA) is 65.2 Å². The maximum absolute atomic E-state index is 9.93. The summed E-state index contributed by atoms with van der Waals surface area (Å²) >= 11 is 0. The molecule has 0 spiro atoms. The normalized spacial score (nSPS) is 12.7. The zero-order valence-electron chi connectivity index (χ0n) is 17.9. The molecule has 3 aromatic carbocycles. The van der Waals surface area contributed by atoms with Gasteiger partial charge in [-0.15, -0.1) is 0 Å². The van der Waals surface area contributed by atoms with Crippen LogP contribution in [0.25, 0.3) is 0 Å². The van der Waals surface area contributed by atoms with Gasteiger partial charge in [0.2, 0.25) is 0 Å². The van der Waals surface area contributed by atoms with Crippen molar-refractivity contribution in [3.8, 4) is 11.5 Å². The molecule has 0 atom stereocenters. The van der Waals surface area contributed by atoms with Gasteiger partial charge in [0.25, 0.3) is 0 Å². The molecule has 0 saturated carbocycles. The van der Waals surface area contributed by atoms with Crippen LogP contribution in [-0.4, -0.2) is 22.6 Å². The summed E-state index contributed by atoms with van der Waals surface area (Å²) in [5, 5.41) is 19.9. The van der Waals surface area contributed by atoms with Gasteiger partial charge in [0.15, 0.2) is 0 Å². The van der Waals surface area contributed by atoms with E-state index in [0.29, 0.717) is 11.1 Å². The van der Waals surface area contributed by atoms with Crippen LogP contribution < -0.4 is 0 Å². The molecule has 4 nitrogen and oxygen atoms in total. The number of para-hydroxylation sites is 2. The first kappa shape index (κ1) is 21.3. The lowest BCUT2D eigenvalue weighted by molar-refractivity contribution is 0.473. The van der Waals surface area contributed by atoms with E-state index in [2.05, 4.69) is 24.3 Å². The molecule has 0 heterocycles. The minimum absolute atomic E-state index is 0.219. The summed E-state index contributed by atoms with van der Waals surface area (Å²) in [5.41, 5.74) is 2.65. The highest BCUT2D eigenvalue weighted by Crippen LogP contribution is 2.30. The molecule has 3 aromatic rings. The second-order valence-corrected chi connectivity index (χ2v) is 8.33. The average molecular weight is 401 g/mol. The molecule has 0 unspecified atom stereocenters. The number of hydrogen-bond donors (Lipinski definition) is 2. The summed E-state index contributed by atoms with van der Waals surface area (Å²) in [7, 11) is 0. The smallest absolute Gasteiger partial charge is 0.124 e. The molecule has 0 aliphatic carbocycles. The van der Waals surface area contributed by atoms with Gasteiger partial charge in [-0.3, -0.25) is 9.98 Å². The molecule has 0 amide bonds. The van der Waals surface area contributed by atoms with E-state index in [1.54, 1.807) is 36.7 Å². The Morgan fingerprint density at radius 1 is 0.567 bits per heavy atom. The SMILES string of the molecule is CC(C)(N=Cc1ccccc1O)c1ccc(C(C)(C)N=Cc2ccccc2O)cc1. The number of aromatic hydroxyl groups is 2. The first-order valence-corrected chi connectivity index (χ1v) is 9.96. The number of aliphatic imine (C=N–C) groups is 2. The number of benzene rings is 3. The first-order chi connectivity index (χ1) is 14.2. The highest BCUT2D eigenvalue weighted by Gasteiger charge is 2.22. The molecular formula is C26H28N2O2. The van der Waals surface area contributed by atoms with E-state index in [1.165, 1.54) is 0 Å². The highest BCUT2D eigenvalue weighted by atomic mass is 16.3. The summed E-state index contributed by atoms with van der Waals surface area (Å²) < 4.78 is 0. The maximum Gasteiger partial charge on any atom is 0.124 e. The molecule has 154 valence electrons. The number of rotatable bonds is 6. The Bertz CT molecular complexity index is 978. The van der Waals surface area contributed by atoms with Crippen LogP contribution in [0.2, 0.25) is 0 Å². The fourth-order valence-electron chi connectivity index (χ4n) is 3.09. The van der Waals surface area contributed by atoms with Gasteiger partial charge >= 0.3 is 0 Å². The molecule has 30 heavy (non-hydrogen) atoms. The number of nitrogens with zero attached hydrogens (tertiary/aromatic N) is 2. The number of phenols is 2. The molecule has 0 aliphatic rings. The minimum Gasteiger partial charge on any atom is -0.507 e. The lowest BCUT2D eigenvalue weighted by Crippen LogP contribution is -2.17.